The maximum Gasteiger partial charge on any atom is 0.222 e. The van der Waals surface area contributed by atoms with Crippen molar-refractivity contribution in [2.75, 3.05) is 18.0 Å². The van der Waals surface area contributed by atoms with Crippen LogP contribution < -0.4 is 10.2 Å². The highest BCUT2D eigenvalue weighted by molar-refractivity contribution is 5.91. The fourth-order valence-corrected chi connectivity index (χ4v) is 3.13. The Labute approximate surface area is 137 Å². The van der Waals surface area contributed by atoms with E-state index in [4.69, 9.17) is 0 Å². The fourth-order valence-electron chi connectivity index (χ4n) is 3.13. The van der Waals surface area contributed by atoms with Gasteiger partial charge in [0, 0.05) is 30.4 Å². The zero-order valence-electron chi connectivity index (χ0n) is 14.0. The number of aromatic nitrogens is 2. The third-order valence-electron chi connectivity index (χ3n) is 4.44. The molecule has 23 heavy (non-hydrogen) atoms. The van der Waals surface area contributed by atoms with Crippen LogP contribution in [0.3, 0.4) is 0 Å². The first-order valence-corrected chi connectivity index (χ1v) is 8.32. The van der Waals surface area contributed by atoms with Gasteiger partial charge >= 0.3 is 0 Å². The van der Waals surface area contributed by atoms with Gasteiger partial charge in [0.1, 0.15) is 12.1 Å². The standard InChI is InChI=1S/C18H24N4O/c1-12(2)18(23)21-14-7-5-9-22(10-14)17-15-8-4-6-13(3)16(15)19-11-20-17/h4,6,8,11-12,14H,5,7,9-10H2,1-3H3,(H,21,23). The molecule has 1 unspecified atom stereocenters. The van der Waals surface area contributed by atoms with Gasteiger partial charge in [0.2, 0.25) is 5.91 Å². The summed E-state index contributed by atoms with van der Waals surface area (Å²) >= 11 is 0. The number of hydrogen-bond acceptors (Lipinski definition) is 4. The maximum absolute atomic E-state index is 12.0. The molecule has 2 aromatic rings. The monoisotopic (exact) mass is 312 g/mol. The molecule has 0 bridgehead atoms. The van der Waals surface area contributed by atoms with Crippen LogP contribution in [-0.2, 0) is 4.79 Å². The molecule has 0 saturated carbocycles. The molecule has 1 saturated heterocycles. The minimum absolute atomic E-state index is 0.0212. The molecule has 0 radical (unpaired) electrons. The SMILES string of the molecule is Cc1cccc2c(N3CCCC(NC(=O)C(C)C)C3)ncnc12. The maximum atomic E-state index is 12.0. The highest BCUT2D eigenvalue weighted by atomic mass is 16.1. The van der Waals surface area contributed by atoms with Crippen molar-refractivity contribution in [3.63, 3.8) is 0 Å². The van der Waals surface area contributed by atoms with Crippen molar-refractivity contribution in [2.24, 2.45) is 5.92 Å². The molecule has 2 heterocycles. The third kappa shape index (κ3) is 3.28. The van der Waals surface area contributed by atoms with Crippen LogP contribution in [0.25, 0.3) is 10.9 Å². The van der Waals surface area contributed by atoms with Crippen LogP contribution in [0.2, 0.25) is 0 Å². The molecule has 3 rings (SSSR count). The number of carbonyl (C=O) groups is 1. The van der Waals surface area contributed by atoms with Crippen molar-refractivity contribution in [1.29, 1.82) is 0 Å². The van der Waals surface area contributed by atoms with E-state index in [9.17, 15) is 4.79 Å². The van der Waals surface area contributed by atoms with E-state index >= 15 is 0 Å². The average molecular weight is 312 g/mol. The number of fused-ring (bicyclic) bond motifs is 1. The molecule has 0 spiro atoms. The summed E-state index contributed by atoms with van der Waals surface area (Å²) in [7, 11) is 0. The summed E-state index contributed by atoms with van der Waals surface area (Å²) in [4.78, 5) is 23.2. The molecule has 1 aliphatic heterocycles. The van der Waals surface area contributed by atoms with Crippen molar-refractivity contribution in [3.8, 4) is 0 Å². The number of nitrogens with zero attached hydrogens (tertiary/aromatic N) is 3. The smallest absolute Gasteiger partial charge is 0.222 e. The lowest BCUT2D eigenvalue weighted by atomic mass is 10.0. The van der Waals surface area contributed by atoms with Crippen LogP contribution in [0.1, 0.15) is 32.3 Å². The molecular weight excluding hydrogens is 288 g/mol. The van der Waals surface area contributed by atoms with Crippen LogP contribution in [0.5, 0.6) is 0 Å². The Kier molecular flexibility index (Phi) is 4.46. The lowest BCUT2D eigenvalue weighted by Crippen LogP contribution is -2.49. The summed E-state index contributed by atoms with van der Waals surface area (Å²) in [6.45, 7) is 7.70. The Hall–Kier alpha value is -2.17. The minimum atomic E-state index is 0.0212. The van der Waals surface area contributed by atoms with Crippen molar-refractivity contribution < 1.29 is 4.79 Å². The van der Waals surface area contributed by atoms with Crippen LogP contribution in [-0.4, -0.2) is 35.0 Å². The number of nitrogens with one attached hydrogen (secondary N) is 1. The molecular formula is C18H24N4O. The predicted molar refractivity (Wildman–Crippen MR) is 92.5 cm³/mol. The zero-order chi connectivity index (χ0) is 16.4. The summed E-state index contributed by atoms with van der Waals surface area (Å²) in [5, 5.41) is 4.24. The Morgan fingerprint density at radius 2 is 2.17 bits per heavy atom. The number of amides is 1. The quantitative estimate of drug-likeness (QED) is 0.946. The predicted octanol–water partition coefficient (Wildman–Crippen LogP) is 2.68. The van der Waals surface area contributed by atoms with Gasteiger partial charge in [0.25, 0.3) is 0 Å². The lowest BCUT2D eigenvalue weighted by Gasteiger charge is -2.34. The molecule has 1 fully saturated rings. The molecule has 122 valence electrons. The number of benzene rings is 1. The van der Waals surface area contributed by atoms with E-state index in [2.05, 4.69) is 39.2 Å². The molecule has 1 aliphatic rings. The van der Waals surface area contributed by atoms with E-state index in [1.54, 1.807) is 6.33 Å². The summed E-state index contributed by atoms with van der Waals surface area (Å²) in [6, 6.07) is 6.38. The number of para-hydroxylation sites is 1. The summed E-state index contributed by atoms with van der Waals surface area (Å²) in [5.41, 5.74) is 2.17. The second-order valence-electron chi connectivity index (χ2n) is 6.62. The van der Waals surface area contributed by atoms with Gasteiger partial charge < -0.3 is 10.2 Å². The van der Waals surface area contributed by atoms with Gasteiger partial charge in [-0.3, -0.25) is 4.79 Å². The molecule has 1 atom stereocenters. The Balaban J connectivity index is 1.84. The van der Waals surface area contributed by atoms with Crippen LogP contribution in [0, 0.1) is 12.8 Å². The highest BCUT2D eigenvalue weighted by Crippen LogP contribution is 2.27. The van der Waals surface area contributed by atoms with Gasteiger partial charge in [-0.1, -0.05) is 26.0 Å². The number of carbonyl (C=O) groups excluding carboxylic acids is 1. The molecule has 5 nitrogen and oxygen atoms in total. The number of anilines is 1. The van der Waals surface area contributed by atoms with Gasteiger partial charge in [-0.25, -0.2) is 9.97 Å². The van der Waals surface area contributed by atoms with Gasteiger partial charge in [0.05, 0.1) is 5.52 Å². The highest BCUT2D eigenvalue weighted by Gasteiger charge is 2.24. The third-order valence-corrected chi connectivity index (χ3v) is 4.44. The second-order valence-corrected chi connectivity index (χ2v) is 6.62. The number of rotatable bonds is 3. The van der Waals surface area contributed by atoms with Crippen LogP contribution >= 0.6 is 0 Å². The molecule has 1 N–H and O–H groups in total. The average Bonchev–Trinajstić information content (AvgIpc) is 2.55. The van der Waals surface area contributed by atoms with Gasteiger partial charge in [-0.05, 0) is 31.4 Å². The summed E-state index contributed by atoms with van der Waals surface area (Å²) < 4.78 is 0. The fraction of sp³-hybridized carbons (Fsp3) is 0.500. The van der Waals surface area contributed by atoms with E-state index in [0.29, 0.717) is 0 Å². The normalized spacial score (nSPS) is 18.4. The summed E-state index contributed by atoms with van der Waals surface area (Å²) in [6.07, 6.45) is 3.72. The van der Waals surface area contributed by atoms with Gasteiger partial charge in [0.15, 0.2) is 0 Å². The number of hydrogen-bond donors (Lipinski definition) is 1. The largest absolute Gasteiger partial charge is 0.354 e. The van der Waals surface area contributed by atoms with Crippen LogP contribution in [0.4, 0.5) is 5.82 Å². The Morgan fingerprint density at radius 1 is 1.35 bits per heavy atom. The second kappa shape index (κ2) is 6.52. The van der Waals surface area contributed by atoms with Crippen LogP contribution in [0.15, 0.2) is 24.5 Å². The van der Waals surface area contributed by atoms with E-state index in [1.165, 1.54) is 0 Å². The molecule has 1 amide bonds. The van der Waals surface area contributed by atoms with E-state index in [0.717, 1.165) is 48.2 Å². The van der Waals surface area contributed by atoms with E-state index in [1.807, 2.05) is 19.9 Å². The topological polar surface area (TPSA) is 58.1 Å². The van der Waals surface area contributed by atoms with Crippen molar-refractivity contribution in [2.45, 2.75) is 39.7 Å². The number of piperidine rings is 1. The Morgan fingerprint density at radius 3 is 2.96 bits per heavy atom. The Bertz CT molecular complexity index is 713. The molecule has 5 heteroatoms. The first kappa shape index (κ1) is 15.7. The molecule has 1 aromatic heterocycles. The van der Waals surface area contributed by atoms with E-state index < -0.39 is 0 Å². The first-order chi connectivity index (χ1) is 11.1. The lowest BCUT2D eigenvalue weighted by molar-refractivity contribution is -0.124. The molecule has 0 aliphatic carbocycles. The summed E-state index contributed by atoms with van der Waals surface area (Å²) in [5.74, 6) is 1.12. The van der Waals surface area contributed by atoms with Gasteiger partial charge in [-0.2, -0.15) is 0 Å². The van der Waals surface area contributed by atoms with Gasteiger partial charge in [-0.15, -0.1) is 0 Å². The van der Waals surface area contributed by atoms with Crippen molar-refractivity contribution >= 4 is 22.6 Å². The zero-order valence-corrected chi connectivity index (χ0v) is 14.0. The van der Waals surface area contributed by atoms with Crippen molar-refractivity contribution in [3.05, 3.63) is 30.1 Å². The minimum Gasteiger partial charge on any atom is -0.354 e. The first-order valence-electron chi connectivity index (χ1n) is 8.32. The molecule has 1 aromatic carbocycles. The number of aryl methyl sites for hydroxylation is 1. The van der Waals surface area contributed by atoms with E-state index in [-0.39, 0.29) is 17.9 Å². The van der Waals surface area contributed by atoms with Crippen molar-refractivity contribution in [1.82, 2.24) is 15.3 Å².